The largest absolute Gasteiger partial charge is 0.476 e. The third-order valence-electron chi connectivity index (χ3n) is 9.37. The summed E-state index contributed by atoms with van der Waals surface area (Å²) in [6.45, 7) is 3.98. The highest BCUT2D eigenvalue weighted by atomic mass is 32.1. The Labute approximate surface area is 311 Å². The Balaban J connectivity index is 1.66. The van der Waals surface area contributed by atoms with Crippen molar-refractivity contribution in [1.82, 2.24) is 15.6 Å². The molecule has 0 unspecified atom stereocenters. The summed E-state index contributed by atoms with van der Waals surface area (Å²) < 4.78 is 0. The lowest BCUT2D eigenvalue weighted by Gasteiger charge is -2.19. The van der Waals surface area contributed by atoms with Gasteiger partial charge in [-0.2, -0.15) is 0 Å². The minimum absolute atomic E-state index is 0.0105. The number of hydrogen-bond donors (Lipinski definition) is 4. The van der Waals surface area contributed by atoms with Crippen LogP contribution in [0, 0.1) is 5.92 Å². The van der Waals surface area contributed by atoms with Gasteiger partial charge in [0.1, 0.15) is 11.6 Å². The first-order chi connectivity index (χ1) is 24.7. The summed E-state index contributed by atoms with van der Waals surface area (Å²) in [5.41, 5.74) is 4.10. The number of carboxylic acid groups (broad SMARTS) is 1. The molecule has 1 aliphatic carbocycles. The van der Waals surface area contributed by atoms with Gasteiger partial charge >= 0.3 is 5.97 Å². The average molecular weight is 747 g/mol. The lowest BCUT2D eigenvalue weighted by Crippen LogP contribution is -2.44. The molecule has 1 aromatic heterocycles. The number of amides is 3. The van der Waals surface area contributed by atoms with Gasteiger partial charge in [-0.15, -0.1) is 11.3 Å². The van der Waals surface area contributed by atoms with Crippen LogP contribution in [0.25, 0.3) is 0 Å². The summed E-state index contributed by atoms with van der Waals surface area (Å²) in [6.07, 6.45) is 13.1. The van der Waals surface area contributed by atoms with Crippen molar-refractivity contribution in [3.05, 3.63) is 16.1 Å². The van der Waals surface area contributed by atoms with Gasteiger partial charge in [-0.1, -0.05) is 78.1 Å². The molecule has 2 atom stereocenters. The topological polar surface area (TPSA) is 220 Å². The molecule has 14 heteroatoms. The Morgan fingerprint density at radius 2 is 1.42 bits per heavy atom. The number of carbonyl (C=O) groups excluding carboxylic acids is 7. The summed E-state index contributed by atoms with van der Waals surface area (Å²) >= 11 is 1.12. The molecule has 0 radical (unpaired) electrons. The van der Waals surface area contributed by atoms with E-state index in [4.69, 9.17) is 10.8 Å². The summed E-state index contributed by atoms with van der Waals surface area (Å²) in [7, 11) is 0. The van der Waals surface area contributed by atoms with E-state index in [9.17, 15) is 38.4 Å². The third kappa shape index (κ3) is 18.1. The number of nitrogens with two attached hydrogens (primary N) is 1. The fraction of sp³-hybridized carbons (Fsp3) is 0.711. The van der Waals surface area contributed by atoms with Crippen molar-refractivity contribution in [2.45, 2.75) is 167 Å². The highest BCUT2D eigenvalue weighted by Crippen LogP contribution is 2.37. The molecule has 5 N–H and O–H groups in total. The van der Waals surface area contributed by atoms with Crippen LogP contribution in [0.3, 0.4) is 0 Å². The number of primary amides is 1. The lowest BCUT2D eigenvalue weighted by molar-refractivity contribution is -0.134. The zero-order valence-corrected chi connectivity index (χ0v) is 31.8. The van der Waals surface area contributed by atoms with Gasteiger partial charge in [0.05, 0.1) is 35.9 Å². The number of nitrogens with one attached hydrogen (secondary N) is 2. The molecule has 13 nitrogen and oxygen atoms in total. The van der Waals surface area contributed by atoms with Crippen molar-refractivity contribution in [3.63, 3.8) is 0 Å². The number of aryl methyl sites for hydroxylation is 1. The van der Waals surface area contributed by atoms with Gasteiger partial charge in [0.2, 0.25) is 17.7 Å². The smallest absolute Gasteiger partial charge is 0.355 e. The van der Waals surface area contributed by atoms with Crippen LogP contribution in [-0.2, 0) is 40.0 Å². The van der Waals surface area contributed by atoms with Crippen LogP contribution in [0.4, 0.5) is 0 Å². The van der Waals surface area contributed by atoms with Gasteiger partial charge in [0.25, 0.3) is 0 Å². The van der Waals surface area contributed by atoms with Crippen LogP contribution in [-0.4, -0.2) is 68.5 Å². The van der Waals surface area contributed by atoms with Crippen LogP contribution >= 0.6 is 11.3 Å². The summed E-state index contributed by atoms with van der Waals surface area (Å²) in [5.74, 6) is -4.52. The predicted molar refractivity (Wildman–Crippen MR) is 197 cm³/mol. The number of aromatic carboxylic acids is 1. The van der Waals surface area contributed by atoms with Gasteiger partial charge in [-0.05, 0) is 31.6 Å². The summed E-state index contributed by atoms with van der Waals surface area (Å²) in [6, 6.07) is -1.03. The van der Waals surface area contributed by atoms with E-state index >= 15 is 0 Å². The number of carbonyl (C=O) groups is 8. The number of unbranched alkanes of at least 4 members (excludes halogenated alkanes) is 10. The van der Waals surface area contributed by atoms with Gasteiger partial charge in [-0.25, -0.2) is 9.78 Å². The van der Waals surface area contributed by atoms with E-state index in [-0.39, 0.29) is 79.8 Å². The predicted octanol–water partition coefficient (Wildman–Crippen LogP) is 5.35. The number of rotatable bonds is 31. The lowest BCUT2D eigenvalue weighted by atomic mass is 9.93. The minimum Gasteiger partial charge on any atom is -0.476 e. The number of ketones is 4. The normalized spacial score (nSPS) is 14.2. The molecule has 0 bridgehead atoms. The van der Waals surface area contributed by atoms with Crippen LogP contribution in [0.2, 0.25) is 0 Å². The second-order valence-corrected chi connectivity index (χ2v) is 15.2. The standard InChI is InChI=1S/C38H58N4O9S/c1-3-4-5-6-7-8-9-10-11-12-13-14-34(48)40-29(24-33(39)47)31(45)21-26(2)15-16-28(44)23-35(49)42-38(19-20-38)32(46)22-27(43)17-18-36-41-30(25-52-36)37(50)51/h25-26,29H,3-24H2,1-2H3,(H2,39,47)(H,40,48)(H,42,49)(H,50,51)/t26-,29+/m0/s1. The molecule has 1 saturated carbocycles. The fourth-order valence-corrected chi connectivity index (χ4v) is 6.81. The first kappa shape index (κ1) is 44.4. The van der Waals surface area contributed by atoms with E-state index in [0.717, 1.165) is 30.6 Å². The van der Waals surface area contributed by atoms with Crippen molar-refractivity contribution in [2.75, 3.05) is 0 Å². The van der Waals surface area contributed by atoms with Gasteiger partial charge < -0.3 is 21.5 Å². The second-order valence-electron chi connectivity index (χ2n) is 14.3. The Kier molecular flexibility index (Phi) is 20.2. The first-order valence-electron chi connectivity index (χ1n) is 18.9. The molecule has 1 aromatic rings. The molecule has 52 heavy (non-hydrogen) atoms. The van der Waals surface area contributed by atoms with E-state index in [0.29, 0.717) is 30.7 Å². The zero-order valence-electron chi connectivity index (χ0n) is 30.9. The minimum atomic E-state index is -1.16. The third-order valence-corrected chi connectivity index (χ3v) is 10.3. The molecule has 3 amide bonds. The SMILES string of the molecule is CCCCCCCCCCCCCC(=O)N[C@H](CC(N)=O)C(=O)C[C@@H](C)CCC(=O)CC(=O)NC1(C(=O)CC(=O)CCc2nc(C(=O)O)cs2)CC1. The highest BCUT2D eigenvalue weighted by Gasteiger charge is 2.50. The zero-order chi connectivity index (χ0) is 38.5. The second kappa shape index (κ2) is 23.7. The van der Waals surface area contributed by atoms with E-state index in [1.807, 2.05) is 0 Å². The van der Waals surface area contributed by atoms with Crippen molar-refractivity contribution < 1.29 is 43.5 Å². The number of nitrogens with zero attached hydrogens (tertiary/aromatic N) is 1. The average Bonchev–Trinajstić information content (AvgIpc) is 3.69. The van der Waals surface area contributed by atoms with E-state index in [2.05, 4.69) is 22.5 Å². The van der Waals surface area contributed by atoms with Crippen LogP contribution < -0.4 is 16.4 Å². The molecule has 2 rings (SSSR count). The molecular formula is C38H58N4O9S. The Morgan fingerprint density at radius 1 is 0.827 bits per heavy atom. The molecule has 1 heterocycles. The molecule has 1 fully saturated rings. The Hall–Kier alpha value is -3.81. The van der Waals surface area contributed by atoms with E-state index in [1.54, 1.807) is 6.92 Å². The van der Waals surface area contributed by atoms with E-state index in [1.165, 1.54) is 50.3 Å². The molecule has 0 aromatic carbocycles. The van der Waals surface area contributed by atoms with Crippen molar-refractivity contribution >= 4 is 58.2 Å². The Bertz CT molecular complexity index is 1390. The monoisotopic (exact) mass is 746 g/mol. The maximum Gasteiger partial charge on any atom is 0.355 e. The summed E-state index contributed by atoms with van der Waals surface area (Å²) in [5, 5.41) is 16.1. The van der Waals surface area contributed by atoms with Crippen molar-refractivity contribution in [1.29, 1.82) is 0 Å². The number of hydrogen-bond acceptors (Lipinski definition) is 10. The molecular weight excluding hydrogens is 689 g/mol. The van der Waals surface area contributed by atoms with E-state index < -0.39 is 41.6 Å². The van der Waals surface area contributed by atoms with Gasteiger partial charge in [0.15, 0.2) is 17.3 Å². The maximum atomic E-state index is 13.0. The quantitative estimate of drug-likeness (QED) is 0.0564. The number of Topliss-reactive ketones (excluding diaryl/α,β-unsaturated/α-hetero) is 4. The molecule has 1 aliphatic rings. The van der Waals surface area contributed by atoms with Gasteiger partial charge in [-0.3, -0.25) is 33.6 Å². The highest BCUT2D eigenvalue weighted by molar-refractivity contribution is 7.09. The summed E-state index contributed by atoms with van der Waals surface area (Å²) in [4.78, 5) is 103. The van der Waals surface area contributed by atoms with Crippen LogP contribution in [0.1, 0.15) is 164 Å². The number of thiazole rings is 1. The van der Waals surface area contributed by atoms with Crippen LogP contribution in [0.15, 0.2) is 5.38 Å². The van der Waals surface area contributed by atoms with Crippen molar-refractivity contribution in [2.24, 2.45) is 11.7 Å². The maximum absolute atomic E-state index is 13.0. The fourth-order valence-electron chi connectivity index (χ4n) is 6.04. The van der Waals surface area contributed by atoms with Crippen molar-refractivity contribution in [3.8, 4) is 0 Å². The first-order valence-corrected chi connectivity index (χ1v) is 19.8. The number of carboxylic acids is 1. The van der Waals surface area contributed by atoms with Crippen LogP contribution in [0.5, 0.6) is 0 Å². The number of aromatic nitrogens is 1. The van der Waals surface area contributed by atoms with Gasteiger partial charge in [0, 0.05) is 37.5 Å². The molecule has 290 valence electrons. The molecule has 0 spiro atoms. The molecule has 0 aliphatic heterocycles. The molecule has 0 saturated heterocycles. The Morgan fingerprint density at radius 3 is 1.98 bits per heavy atom.